The van der Waals surface area contributed by atoms with E-state index >= 15 is 0 Å². The molecular formula is C19H17NO6. The number of fused-ring (bicyclic) bond motifs is 1. The van der Waals surface area contributed by atoms with E-state index in [1.165, 1.54) is 11.2 Å². The van der Waals surface area contributed by atoms with Crippen molar-refractivity contribution in [3.8, 4) is 11.5 Å². The zero-order valence-electron chi connectivity index (χ0n) is 14.1. The molecule has 1 N–H and O–H groups in total. The summed E-state index contributed by atoms with van der Waals surface area (Å²) in [5.74, 6) is 0.280. The Balaban J connectivity index is 1.70. The van der Waals surface area contributed by atoms with E-state index in [1.807, 2.05) is 6.07 Å². The van der Waals surface area contributed by atoms with E-state index in [9.17, 15) is 14.7 Å². The topological polar surface area (TPSA) is 89.2 Å². The molecule has 0 fully saturated rings. The number of nitrogens with zero attached hydrogens (tertiary/aromatic N) is 1. The normalized spacial score (nSPS) is 18.7. The smallest absolute Gasteiger partial charge is 0.290 e. The summed E-state index contributed by atoms with van der Waals surface area (Å²) in [6, 6.07) is 7.98. The van der Waals surface area contributed by atoms with Crippen LogP contribution >= 0.6 is 0 Å². The highest BCUT2D eigenvalue weighted by Crippen LogP contribution is 2.40. The maximum atomic E-state index is 12.6. The Labute approximate surface area is 149 Å². The van der Waals surface area contributed by atoms with Crippen molar-refractivity contribution in [3.05, 3.63) is 59.3 Å². The first kappa shape index (κ1) is 16.3. The van der Waals surface area contributed by atoms with Crippen LogP contribution in [-0.2, 0) is 16.1 Å². The van der Waals surface area contributed by atoms with Gasteiger partial charge in [0.2, 0.25) is 6.79 Å². The van der Waals surface area contributed by atoms with E-state index < -0.39 is 17.7 Å². The molecule has 7 nitrogen and oxygen atoms in total. The van der Waals surface area contributed by atoms with E-state index in [0.717, 1.165) is 5.56 Å². The zero-order chi connectivity index (χ0) is 18.3. The third kappa shape index (κ3) is 2.52. The van der Waals surface area contributed by atoms with Gasteiger partial charge in [-0.1, -0.05) is 13.0 Å². The predicted molar refractivity (Wildman–Crippen MR) is 89.5 cm³/mol. The highest BCUT2D eigenvalue weighted by Gasteiger charge is 2.44. The molecule has 1 aromatic carbocycles. The lowest BCUT2D eigenvalue weighted by molar-refractivity contribution is -0.130. The fraction of sp³-hybridized carbons (Fsp3) is 0.263. The molecule has 0 saturated heterocycles. The summed E-state index contributed by atoms with van der Waals surface area (Å²) in [5.41, 5.74) is 0.866. The van der Waals surface area contributed by atoms with Crippen molar-refractivity contribution in [1.29, 1.82) is 0 Å². The van der Waals surface area contributed by atoms with E-state index in [1.54, 1.807) is 31.2 Å². The Hall–Kier alpha value is -3.22. The number of benzene rings is 1. The molecule has 1 amide bonds. The average Bonchev–Trinajstić information content (AvgIpc) is 3.37. The maximum absolute atomic E-state index is 12.6. The number of ether oxygens (including phenoxy) is 2. The predicted octanol–water partition coefficient (Wildman–Crippen LogP) is 2.88. The highest BCUT2D eigenvalue weighted by molar-refractivity contribution is 6.08. The second-order valence-corrected chi connectivity index (χ2v) is 6.08. The lowest BCUT2D eigenvalue weighted by atomic mass is 9.99. The van der Waals surface area contributed by atoms with E-state index in [0.29, 0.717) is 17.3 Å². The van der Waals surface area contributed by atoms with Crippen LogP contribution in [0.3, 0.4) is 0 Å². The SMILES string of the molecule is CCC(=O)C1=C(O)C(=O)N(Cc2ccc3c(c2)OCO3)C1c1ccco1. The third-order valence-electron chi connectivity index (χ3n) is 4.53. The summed E-state index contributed by atoms with van der Waals surface area (Å²) >= 11 is 0. The number of ketones is 1. The van der Waals surface area contributed by atoms with Gasteiger partial charge in [0, 0.05) is 13.0 Å². The van der Waals surface area contributed by atoms with Crippen LogP contribution in [0.15, 0.2) is 52.3 Å². The minimum atomic E-state index is -0.754. The molecule has 1 aromatic heterocycles. The largest absolute Gasteiger partial charge is 0.503 e. The molecule has 3 heterocycles. The van der Waals surface area contributed by atoms with Gasteiger partial charge in [0.1, 0.15) is 11.8 Å². The van der Waals surface area contributed by atoms with Crippen LogP contribution in [0.2, 0.25) is 0 Å². The first-order valence-corrected chi connectivity index (χ1v) is 8.29. The molecule has 0 aliphatic carbocycles. The molecule has 0 saturated carbocycles. The van der Waals surface area contributed by atoms with Crippen LogP contribution in [-0.4, -0.2) is 28.5 Å². The van der Waals surface area contributed by atoms with Gasteiger partial charge in [0.25, 0.3) is 5.91 Å². The molecule has 134 valence electrons. The standard InChI is InChI=1S/C19H17NO6/c1-2-12(21)16-17(14-4-3-7-24-14)20(19(23)18(16)22)9-11-5-6-13-15(8-11)26-10-25-13/h3-8,17,22H,2,9-10H2,1H3. The monoisotopic (exact) mass is 355 g/mol. The van der Waals surface area contributed by atoms with Gasteiger partial charge < -0.3 is 23.9 Å². The molecular weight excluding hydrogens is 338 g/mol. The molecule has 2 aliphatic heterocycles. The molecule has 0 spiro atoms. The zero-order valence-corrected chi connectivity index (χ0v) is 14.1. The molecule has 4 rings (SSSR count). The summed E-state index contributed by atoms with van der Waals surface area (Å²) in [5, 5.41) is 10.3. The van der Waals surface area contributed by atoms with Crippen LogP contribution in [0, 0.1) is 0 Å². The summed E-state index contributed by atoms with van der Waals surface area (Å²) in [7, 11) is 0. The van der Waals surface area contributed by atoms with Crippen LogP contribution in [0.25, 0.3) is 0 Å². The van der Waals surface area contributed by atoms with Gasteiger partial charge in [-0.05, 0) is 29.8 Å². The van der Waals surface area contributed by atoms with Crippen molar-refractivity contribution in [2.45, 2.75) is 25.9 Å². The first-order valence-electron chi connectivity index (χ1n) is 8.29. The number of aliphatic hydroxyl groups is 1. The van der Waals surface area contributed by atoms with Crippen molar-refractivity contribution in [2.24, 2.45) is 0 Å². The van der Waals surface area contributed by atoms with Gasteiger partial charge in [-0.25, -0.2) is 0 Å². The number of hydrogen-bond donors (Lipinski definition) is 1. The number of furan rings is 1. The molecule has 1 unspecified atom stereocenters. The lowest BCUT2D eigenvalue weighted by Gasteiger charge is -2.25. The Kier molecular flexibility index (Phi) is 3.91. The quantitative estimate of drug-likeness (QED) is 0.887. The van der Waals surface area contributed by atoms with Crippen molar-refractivity contribution in [1.82, 2.24) is 4.90 Å². The van der Waals surface area contributed by atoms with Crippen LogP contribution in [0.5, 0.6) is 11.5 Å². The van der Waals surface area contributed by atoms with Gasteiger partial charge in [-0.15, -0.1) is 0 Å². The van der Waals surface area contributed by atoms with Gasteiger partial charge in [0.15, 0.2) is 23.0 Å². The number of carbonyl (C=O) groups excluding carboxylic acids is 2. The summed E-state index contributed by atoms with van der Waals surface area (Å²) in [6.07, 6.45) is 1.66. The van der Waals surface area contributed by atoms with Crippen molar-refractivity contribution in [2.75, 3.05) is 6.79 Å². The Bertz CT molecular complexity index is 899. The third-order valence-corrected chi connectivity index (χ3v) is 4.53. The Morgan fingerprint density at radius 1 is 1.27 bits per heavy atom. The number of aliphatic hydroxyl groups excluding tert-OH is 1. The molecule has 0 radical (unpaired) electrons. The first-order chi connectivity index (χ1) is 12.6. The van der Waals surface area contributed by atoms with Gasteiger partial charge in [-0.2, -0.15) is 0 Å². The second kappa shape index (κ2) is 6.25. The van der Waals surface area contributed by atoms with Crippen LogP contribution < -0.4 is 9.47 Å². The van der Waals surface area contributed by atoms with E-state index in [4.69, 9.17) is 13.9 Å². The minimum absolute atomic E-state index is 0.0770. The number of amides is 1. The second-order valence-electron chi connectivity index (χ2n) is 6.08. The molecule has 26 heavy (non-hydrogen) atoms. The van der Waals surface area contributed by atoms with Crippen molar-refractivity contribution < 1.29 is 28.6 Å². The number of hydrogen-bond acceptors (Lipinski definition) is 6. The van der Waals surface area contributed by atoms with Gasteiger partial charge in [-0.3, -0.25) is 9.59 Å². The highest BCUT2D eigenvalue weighted by atomic mass is 16.7. The number of rotatable bonds is 5. The number of Topliss-reactive ketones (excluding diaryl/α,β-unsaturated/α-hetero) is 1. The Morgan fingerprint density at radius 2 is 2.08 bits per heavy atom. The maximum Gasteiger partial charge on any atom is 0.290 e. The minimum Gasteiger partial charge on any atom is -0.503 e. The number of carbonyl (C=O) groups is 2. The van der Waals surface area contributed by atoms with Crippen LogP contribution in [0.1, 0.15) is 30.7 Å². The molecule has 0 bridgehead atoms. The molecule has 2 aliphatic rings. The average molecular weight is 355 g/mol. The molecule has 1 atom stereocenters. The summed E-state index contributed by atoms with van der Waals surface area (Å²) in [4.78, 5) is 26.4. The van der Waals surface area contributed by atoms with Crippen molar-refractivity contribution >= 4 is 11.7 Å². The van der Waals surface area contributed by atoms with Gasteiger partial charge >= 0.3 is 0 Å². The Morgan fingerprint density at radius 3 is 2.81 bits per heavy atom. The van der Waals surface area contributed by atoms with Crippen molar-refractivity contribution in [3.63, 3.8) is 0 Å². The van der Waals surface area contributed by atoms with Crippen LogP contribution in [0.4, 0.5) is 0 Å². The fourth-order valence-electron chi connectivity index (χ4n) is 3.27. The van der Waals surface area contributed by atoms with E-state index in [-0.39, 0.29) is 31.1 Å². The summed E-state index contributed by atoms with van der Waals surface area (Å²) < 4.78 is 16.1. The molecule has 7 heteroatoms. The summed E-state index contributed by atoms with van der Waals surface area (Å²) in [6.45, 7) is 2.03. The fourth-order valence-corrected chi connectivity index (χ4v) is 3.27. The lowest BCUT2D eigenvalue weighted by Crippen LogP contribution is -2.30. The van der Waals surface area contributed by atoms with Gasteiger partial charge in [0.05, 0.1) is 11.8 Å². The van der Waals surface area contributed by atoms with E-state index in [2.05, 4.69) is 0 Å². The molecule has 2 aromatic rings.